The summed E-state index contributed by atoms with van der Waals surface area (Å²) in [5.74, 6) is -0.884. The highest BCUT2D eigenvalue weighted by Gasteiger charge is 2.20. The molecule has 0 saturated carbocycles. The molecule has 6 heteroatoms. The van der Waals surface area contributed by atoms with Crippen LogP contribution in [0.3, 0.4) is 0 Å². The predicted octanol–water partition coefficient (Wildman–Crippen LogP) is 2.31. The fourth-order valence-electron chi connectivity index (χ4n) is 2.67. The number of nitrogens with one attached hydrogen (secondary N) is 2. The van der Waals surface area contributed by atoms with E-state index in [1.165, 1.54) is 0 Å². The number of carboxylic acid groups (broad SMARTS) is 1. The van der Waals surface area contributed by atoms with Crippen molar-refractivity contribution in [3.05, 3.63) is 35.9 Å². The maximum atomic E-state index is 12.1. The molecule has 0 saturated heterocycles. The highest BCUT2D eigenvalue weighted by Crippen LogP contribution is 2.11. The van der Waals surface area contributed by atoms with E-state index in [0.29, 0.717) is 19.3 Å². The first kappa shape index (κ1) is 20.0. The molecule has 6 nitrogen and oxygen atoms in total. The maximum Gasteiger partial charge on any atom is 0.315 e. The second-order valence-electron chi connectivity index (χ2n) is 6.85. The van der Waals surface area contributed by atoms with Gasteiger partial charge in [0.25, 0.3) is 0 Å². The van der Waals surface area contributed by atoms with Crippen molar-refractivity contribution in [3.8, 4) is 0 Å². The fraction of sp³-hybridized carbons (Fsp3) is 0.556. The van der Waals surface area contributed by atoms with Gasteiger partial charge in [-0.1, -0.05) is 30.3 Å². The van der Waals surface area contributed by atoms with Gasteiger partial charge in [-0.15, -0.1) is 0 Å². The van der Waals surface area contributed by atoms with Crippen LogP contribution in [0.25, 0.3) is 0 Å². The van der Waals surface area contributed by atoms with Crippen molar-refractivity contribution < 1.29 is 19.8 Å². The first-order valence-electron chi connectivity index (χ1n) is 8.21. The van der Waals surface area contributed by atoms with Crippen LogP contribution in [-0.4, -0.2) is 39.9 Å². The summed E-state index contributed by atoms with van der Waals surface area (Å²) >= 11 is 0. The average molecular weight is 336 g/mol. The third kappa shape index (κ3) is 9.15. The number of benzene rings is 1. The lowest BCUT2D eigenvalue weighted by molar-refractivity contribution is -0.137. The molecule has 134 valence electrons. The van der Waals surface area contributed by atoms with Gasteiger partial charge in [-0.05, 0) is 45.6 Å². The van der Waals surface area contributed by atoms with E-state index >= 15 is 0 Å². The highest BCUT2D eigenvalue weighted by atomic mass is 16.4. The molecule has 0 radical (unpaired) electrons. The molecule has 0 fully saturated rings. The topological polar surface area (TPSA) is 98.7 Å². The monoisotopic (exact) mass is 336 g/mol. The number of aliphatic hydroxyl groups is 1. The van der Waals surface area contributed by atoms with Crippen LogP contribution in [0.4, 0.5) is 4.79 Å². The average Bonchev–Trinajstić information content (AvgIpc) is 2.43. The van der Waals surface area contributed by atoms with Crippen LogP contribution in [0.2, 0.25) is 0 Å². The van der Waals surface area contributed by atoms with E-state index in [0.717, 1.165) is 5.56 Å². The van der Waals surface area contributed by atoms with E-state index < -0.39 is 11.6 Å². The Bertz CT molecular complexity index is 526. The van der Waals surface area contributed by atoms with Crippen molar-refractivity contribution in [1.82, 2.24) is 10.6 Å². The zero-order valence-corrected chi connectivity index (χ0v) is 14.6. The summed E-state index contributed by atoms with van der Waals surface area (Å²) in [5.41, 5.74) is 0.178. The molecule has 4 N–H and O–H groups in total. The van der Waals surface area contributed by atoms with Gasteiger partial charge in [0.2, 0.25) is 0 Å². The van der Waals surface area contributed by atoms with Gasteiger partial charge >= 0.3 is 12.0 Å². The maximum absolute atomic E-state index is 12.1. The van der Waals surface area contributed by atoms with Crippen molar-refractivity contribution in [3.63, 3.8) is 0 Å². The number of carboxylic acids is 1. The minimum atomic E-state index is -0.884. The molecule has 0 aromatic heterocycles. The summed E-state index contributed by atoms with van der Waals surface area (Å²) in [6, 6.07) is 8.82. The van der Waals surface area contributed by atoms with Crippen LogP contribution in [-0.2, 0) is 11.2 Å². The Morgan fingerprint density at radius 2 is 1.79 bits per heavy atom. The summed E-state index contributed by atoms with van der Waals surface area (Å²) in [7, 11) is 0. The first-order chi connectivity index (χ1) is 11.2. The van der Waals surface area contributed by atoms with Gasteiger partial charge < -0.3 is 20.8 Å². The first-order valence-corrected chi connectivity index (χ1v) is 8.21. The molecule has 2 amide bonds. The Kier molecular flexibility index (Phi) is 7.71. The Hall–Kier alpha value is -2.08. The summed E-state index contributed by atoms with van der Waals surface area (Å²) in [5, 5.41) is 24.3. The van der Waals surface area contributed by atoms with Crippen molar-refractivity contribution in [1.29, 1.82) is 0 Å². The second-order valence-corrected chi connectivity index (χ2v) is 6.85. The summed E-state index contributed by atoms with van der Waals surface area (Å²) in [6.45, 7) is 5.20. The number of urea groups is 1. The lowest BCUT2D eigenvalue weighted by Gasteiger charge is -2.25. The number of hydrogen-bond donors (Lipinski definition) is 4. The molecule has 0 heterocycles. The molecule has 0 bridgehead atoms. The number of carbonyl (C=O) groups excluding carboxylic acids is 1. The van der Waals surface area contributed by atoms with Crippen molar-refractivity contribution in [2.75, 3.05) is 0 Å². The zero-order valence-electron chi connectivity index (χ0n) is 14.6. The van der Waals surface area contributed by atoms with Crippen LogP contribution in [0.15, 0.2) is 30.3 Å². The van der Waals surface area contributed by atoms with E-state index in [1.807, 2.05) is 37.3 Å². The van der Waals surface area contributed by atoms with E-state index in [9.17, 15) is 14.7 Å². The largest absolute Gasteiger partial charge is 0.481 e. The van der Waals surface area contributed by atoms with Gasteiger partial charge in [0, 0.05) is 18.5 Å². The second kappa shape index (κ2) is 9.27. The van der Waals surface area contributed by atoms with E-state index in [1.54, 1.807) is 13.8 Å². The van der Waals surface area contributed by atoms with Gasteiger partial charge in [0.05, 0.1) is 5.60 Å². The smallest absolute Gasteiger partial charge is 0.315 e. The molecule has 1 aromatic carbocycles. The number of hydrogen-bond acceptors (Lipinski definition) is 3. The molecule has 0 aliphatic rings. The van der Waals surface area contributed by atoms with Crippen molar-refractivity contribution >= 4 is 12.0 Å². The van der Waals surface area contributed by atoms with Gasteiger partial charge in [0.15, 0.2) is 0 Å². The van der Waals surface area contributed by atoms with Crippen LogP contribution < -0.4 is 10.6 Å². The number of carbonyl (C=O) groups is 2. The van der Waals surface area contributed by atoms with Crippen molar-refractivity contribution in [2.24, 2.45) is 0 Å². The number of amides is 2. The Labute approximate surface area is 143 Å². The van der Waals surface area contributed by atoms with Crippen molar-refractivity contribution in [2.45, 2.75) is 64.1 Å². The molecule has 0 aliphatic heterocycles. The molecule has 2 unspecified atom stereocenters. The van der Waals surface area contributed by atoms with Gasteiger partial charge in [-0.2, -0.15) is 0 Å². The third-order valence-corrected chi connectivity index (χ3v) is 3.55. The predicted molar refractivity (Wildman–Crippen MR) is 92.8 cm³/mol. The fourth-order valence-corrected chi connectivity index (χ4v) is 2.67. The zero-order chi connectivity index (χ0) is 18.2. The Morgan fingerprint density at radius 1 is 1.17 bits per heavy atom. The minimum Gasteiger partial charge on any atom is -0.481 e. The molecular weight excluding hydrogens is 308 g/mol. The van der Waals surface area contributed by atoms with Crippen LogP contribution in [0.1, 0.15) is 45.6 Å². The summed E-state index contributed by atoms with van der Waals surface area (Å²) in [4.78, 5) is 23.0. The third-order valence-electron chi connectivity index (χ3n) is 3.55. The van der Waals surface area contributed by atoms with Crippen LogP contribution in [0, 0.1) is 0 Å². The molecule has 2 atom stereocenters. The SMILES string of the molecule is CC(CC(C)(C)O)NC(=O)NC(CCC(=O)O)Cc1ccccc1. The Morgan fingerprint density at radius 3 is 2.33 bits per heavy atom. The number of aliphatic carboxylic acids is 1. The lowest BCUT2D eigenvalue weighted by Crippen LogP contribution is -2.47. The van der Waals surface area contributed by atoms with Gasteiger partial charge in [-0.3, -0.25) is 4.79 Å². The van der Waals surface area contributed by atoms with E-state index in [4.69, 9.17) is 5.11 Å². The number of rotatable bonds is 9. The molecular formula is C18H28N2O4. The normalized spacial score (nSPS) is 13.8. The molecule has 24 heavy (non-hydrogen) atoms. The highest BCUT2D eigenvalue weighted by molar-refractivity contribution is 5.74. The molecule has 0 spiro atoms. The summed E-state index contributed by atoms with van der Waals surface area (Å²) < 4.78 is 0. The van der Waals surface area contributed by atoms with Crippen LogP contribution in [0.5, 0.6) is 0 Å². The van der Waals surface area contributed by atoms with Gasteiger partial charge in [0.1, 0.15) is 0 Å². The molecule has 1 rings (SSSR count). The van der Waals surface area contributed by atoms with Crippen LogP contribution >= 0.6 is 0 Å². The molecule has 1 aromatic rings. The molecule has 0 aliphatic carbocycles. The Balaban J connectivity index is 2.59. The van der Waals surface area contributed by atoms with Gasteiger partial charge in [-0.25, -0.2) is 4.79 Å². The van der Waals surface area contributed by atoms with E-state index in [2.05, 4.69) is 10.6 Å². The van der Waals surface area contributed by atoms with E-state index in [-0.39, 0.29) is 24.5 Å². The lowest BCUT2D eigenvalue weighted by atomic mass is 10.0. The summed E-state index contributed by atoms with van der Waals surface area (Å²) in [6.07, 6.45) is 1.36. The standard InChI is InChI=1S/C18H28N2O4/c1-13(12-18(2,3)24)19-17(23)20-15(9-10-16(21)22)11-14-7-5-4-6-8-14/h4-8,13,15,24H,9-12H2,1-3H3,(H,21,22)(H2,19,20,23). The minimum absolute atomic E-state index is 0.00297. The quantitative estimate of drug-likeness (QED) is 0.556.